The second-order valence-electron chi connectivity index (χ2n) is 7.97. The minimum absolute atomic E-state index is 0.0517. The maximum absolute atomic E-state index is 12.8. The third-order valence-corrected chi connectivity index (χ3v) is 7.00. The van der Waals surface area contributed by atoms with Gasteiger partial charge in [0.1, 0.15) is 4.88 Å². The second kappa shape index (κ2) is 9.05. The lowest BCUT2D eigenvalue weighted by Crippen LogP contribution is -2.46. The molecule has 2 fully saturated rings. The number of thiazole rings is 1. The average molecular weight is 399 g/mol. The number of hydrogen-bond donors (Lipinski definition) is 0. The van der Waals surface area contributed by atoms with Crippen LogP contribution in [0.15, 0.2) is 36.5 Å². The Bertz CT molecular complexity index is 764. The molecule has 2 saturated heterocycles. The van der Waals surface area contributed by atoms with Gasteiger partial charge >= 0.3 is 0 Å². The molecule has 1 aromatic heterocycles. The maximum atomic E-state index is 12.8. The molecule has 5 nitrogen and oxygen atoms in total. The highest BCUT2D eigenvalue weighted by Crippen LogP contribution is 2.28. The van der Waals surface area contributed by atoms with Gasteiger partial charge in [0.05, 0.1) is 6.20 Å². The van der Waals surface area contributed by atoms with Crippen molar-refractivity contribution < 1.29 is 4.79 Å². The summed E-state index contributed by atoms with van der Waals surface area (Å²) in [6, 6.07) is 10.8. The maximum Gasteiger partial charge on any atom is 0.265 e. The van der Waals surface area contributed by atoms with Gasteiger partial charge in [-0.1, -0.05) is 48.1 Å². The zero-order chi connectivity index (χ0) is 19.3. The van der Waals surface area contributed by atoms with Crippen LogP contribution < -0.4 is 4.90 Å². The van der Waals surface area contributed by atoms with Gasteiger partial charge in [0.25, 0.3) is 5.91 Å². The summed E-state index contributed by atoms with van der Waals surface area (Å²) in [6.07, 6.45) is 8.27. The van der Waals surface area contributed by atoms with Crippen molar-refractivity contribution in [2.45, 2.75) is 44.7 Å². The molecule has 1 aromatic carbocycles. The molecule has 0 N–H and O–H groups in total. The van der Waals surface area contributed by atoms with E-state index in [0.717, 1.165) is 34.7 Å². The molecule has 150 valence electrons. The number of rotatable bonds is 5. The molecule has 28 heavy (non-hydrogen) atoms. The van der Waals surface area contributed by atoms with Crippen LogP contribution in [0.25, 0.3) is 0 Å². The van der Waals surface area contributed by atoms with E-state index in [1.807, 2.05) is 37.4 Å². The van der Waals surface area contributed by atoms with Gasteiger partial charge in [0.15, 0.2) is 5.13 Å². The largest absolute Gasteiger partial charge is 0.348 e. The number of hydrogen-bond acceptors (Lipinski definition) is 5. The van der Waals surface area contributed by atoms with E-state index < -0.39 is 0 Å². The Morgan fingerprint density at radius 2 is 1.82 bits per heavy atom. The lowest BCUT2D eigenvalue weighted by atomic mass is 10.0. The standard InChI is InChI=1S/C22H30N4OS/c1-24(17-18-8-4-2-5-9-18)21(27)20-16-23-22(28-20)26-14-10-19(11-15-26)25-12-6-3-7-13-25/h2,4-5,8-9,16,19H,3,6-7,10-15,17H2,1H3. The topological polar surface area (TPSA) is 39.7 Å². The van der Waals surface area contributed by atoms with E-state index in [2.05, 4.69) is 14.8 Å². The number of carbonyl (C=O) groups excluding carboxylic acids is 1. The molecule has 3 heterocycles. The first-order valence-corrected chi connectivity index (χ1v) is 11.3. The van der Waals surface area contributed by atoms with Crippen molar-refractivity contribution in [1.29, 1.82) is 0 Å². The smallest absolute Gasteiger partial charge is 0.265 e. The summed E-state index contributed by atoms with van der Waals surface area (Å²) in [5, 5.41) is 0.994. The van der Waals surface area contributed by atoms with E-state index in [-0.39, 0.29) is 5.91 Å². The Kier molecular flexibility index (Phi) is 6.27. The van der Waals surface area contributed by atoms with Crippen LogP contribution in [0.2, 0.25) is 0 Å². The molecule has 0 bridgehead atoms. The summed E-state index contributed by atoms with van der Waals surface area (Å²) in [7, 11) is 1.86. The fourth-order valence-electron chi connectivity index (χ4n) is 4.33. The van der Waals surface area contributed by atoms with Gasteiger partial charge in [0, 0.05) is 32.7 Å². The fourth-order valence-corrected chi connectivity index (χ4v) is 5.30. The van der Waals surface area contributed by atoms with E-state index in [4.69, 9.17) is 0 Å². The molecule has 1 amide bonds. The molecule has 0 unspecified atom stereocenters. The minimum atomic E-state index is 0.0517. The Morgan fingerprint density at radius 1 is 1.11 bits per heavy atom. The summed E-state index contributed by atoms with van der Waals surface area (Å²) in [4.78, 5) is 24.9. The molecule has 0 spiro atoms. The summed E-state index contributed by atoms with van der Waals surface area (Å²) >= 11 is 1.53. The summed E-state index contributed by atoms with van der Waals surface area (Å²) < 4.78 is 0. The average Bonchev–Trinajstić information content (AvgIpc) is 3.25. The highest BCUT2D eigenvalue weighted by molar-refractivity contribution is 7.17. The molecule has 0 saturated carbocycles. The fraction of sp³-hybridized carbons (Fsp3) is 0.545. The Hall–Kier alpha value is -1.92. The lowest BCUT2D eigenvalue weighted by molar-refractivity contribution is 0.0789. The molecule has 0 atom stereocenters. The molecule has 2 aromatic rings. The number of benzene rings is 1. The lowest BCUT2D eigenvalue weighted by Gasteiger charge is -2.40. The van der Waals surface area contributed by atoms with Crippen molar-refractivity contribution in [2.24, 2.45) is 0 Å². The number of amides is 1. The van der Waals surface area contributed by atoms with Crippen molar-refractivity contribution in [3.63, 3.8) is 0 Å². The zero-order valence-electron chi connectivity index (χ0n) is 16.7. The van der Waals surface area contributed by atoms with E-state index in [9.17, 15) is 4.79 Å². The number of anilines is 1. The molecular formula is C22H30N4OS. The van der Waals surface area contributed by atoms with Crippen molar-refractivity contribution in [3.8, 4) is 0 Å². The van der Waals surface area contributed by atoms with Crippen LogP contribution in [0, 0.1) is 0 Å². The van der Waals surface area contributed by atoms with Crippen LogP contribution in [-0.4, -0.2) is 60.0 Å². The Balaban J connectivity index is 1.32. The highest BCUT2D eigenvalue weighted by Gasteiger charge is 2.27. The molecule has 2 aliphatic heterocycles. The predicted octanol–water partition coefficient (Wildman–Crippen LogP) is 3.87. The van der Waals surface area contributed by atoms with Crippen LogP contribution >= 0.6 is 11.3 Å². The van der Waals surface area contributed by atoms with Gasteiger partial charge in [-0.05, 0) is 44.3 Å². The normalized spacial score (nSPS) is 19.0. The van der Waals surface area contributed by atoms with E-state index in [1.54, 1.807) is 11.1 Å². The summed E-state index contributed by atoms with van der Waals surface area (Å²) in [6.45, 7) is 5.25. The van der Waals surface area contributed by atoms with Gasteiger partial charge in [0.2, 0.25) is 0 Å². The van der Waals surface area contributed by atoms with E-state index >= 15 is 0 Å². The monoisotopic (exact) mass is 398 g/mol. The highest BCUT2D eigenvalue weighted by atomic mass is 32.1. The third-order valence-electron chi connectivity index (χ3n) is 5.96. The molecule has 2 aliphatic rings. The second-order valence-corrected chi connectivity index (χ2v) is 8.98. The van der Waals surface area contributed by atoms with Crippen molar-refractivity contribution in [2.75, 3.05) is 38.1 Å². The number of nitrogens with zero attached hydrogens (tertiary/aromatic N) is 4. The molecule has 0 aliphatic carbocycles. The van der Waals surface area contributed by atoms with Crippen LogP contribution in [-0.2, 0) is 6.54 Å². The molecule has 6 heteroatoms. The van der Waals surface area contributed by atoms with Crippen LogP contribution in [0.5, 0.6) is 0 Å². The summed E-state index contributed by atoms with van der Waals surface area (Å²) in [5.41, 5.74) is 1.14. The number of piperidine rings is 2. The number of likely N-dealkylation sites (tertiary alicyclic amines) is 1. The minimum Gasteiger partial charge on any atom is -0.348 e. The first-order chi connectivity index (χ1) is 13.7. The molecule has 4 rings (SSSR count). The number of aromatic nitrogens is 1. The Labute approximate surface area is 172 Å². The Morgan fingerprint density at radius 3 is 2.54 bits per heavy atom. The van der Waals surface area contributed by atoms with E-state index in [0.29, 0.717) is 6.54 Å². The van der Waals surface area contributed by atoms with Crippen molar-refractivity contribution in [1.82, 2.24) is 14.8 Å². The molecule has 0 radical (unpaired) electrons. The van der Waals surface area contributed by atoms with Gasteiger partial charge in [-0.3, -0.25) is 4.79 Å². The first kappa shape index (κ1) is 19.4. The van der Waals surface area contributed by atoms with Crippen molar-refractivity contribution in [3.05, 3.63) is 47.0 Å². The molecular weight excluding hydrogens is 368 g/mol. The zero-order valence-corrected chi connectivity index (χ0v) is 17.5. The predicted molar refractivity (Wildman–Crippen MR) is 115 cm³/mol. The van der Waals surface area contributed by atoms with Gasteiger partial charge in [-0.15, -0.1) is 0 Å². The quantitative estimate of drug-likeness (QED) is 0.767. The van der Waals surface area contributed by atoms with Gasteiger partial charge in [-0.25, -0.2) is 4.98 Å². The van der Waals surface area contributed by atoms with Crippen LogP contribution in [0.3, 0.4) is 0 Å². The third kappa shape index (κ3) is 4.55. The van der Waals surface area contributed by atoms with Crippen LogP contribution in [0.1, 0.15) is 47.3 Å². The summed E-state index contributed by atoms with van der Waals surface area (Å²) in [5.74, 6) is 0.0517. The number of carbonyl (C=O) groups is 1. The van der Waals surface area contributed by atoms with Gasteiger partial charge < -0.3 is 14.7 Å². The van der Waals surface area contributed by atoms with Crippen molar-refractivity contribution >= 4 is 22.4 Å². The van der Waals surface area contributed by atoms with E-state index in [1.165, 1.54) is 56.5 Å². The SMILES string of the molecule is CN(Cc1ccccc1)C(=O)c1cnc(N2CCC(N3CCCCC3)CC2)s1. The first-order valence-electron chi connectivity index (χ1n) is 10.4. The van der Waals surface area contributed by atoms with Crippen LogP contribution in [0.4, 0.5) is 5.13 Å². The van der Waals surface area contributed by atoms with Gasteiger partial charge in [-0.2, -0.15) is 0 Å².